The Morgan fingerprint density at radius 2 is 1.52 bits per heavy atom. The maximum Gasteiger partial charge on any atom is 0.250 e. The van der Waals surface area contributed by atoms with Gasteiger partial charge in [-0.3, -0.25) is 9.10 Å². The number of rotatable bonds is 3. The zero-order chi connectivity index (χ0) is 19.0. The van der Waals surface area contributed by atoms with Crippen molar-refractivity contribution in [2.24, 2.45) is 0 Å². The molecule has 1 unspecified atom stereocenters. The number of hydrogen-bond donors (Lipinski definition) is 0. The molecule has 0 N–H and O–H groups in total. The molecular weight excluding hydrogens is 358 g/mol. The van der Waals surface area contributed by atoms with Gasteiger partial charge in [0.15, 0.2) is 11.0 Å². The smallest absolute Gasteiger partial charge is 0.250 e. The number of ketones is 1. The van der Waals surface area contributed by atoms with Crippen LogP contribution in [0.2, 0.25) is 0 Å². The first-order valence-electron chi connectivity index (χ1n) is 8.74. The molecule has 0 saturated carbocycles. The summed E-state index contributed by atoms with van der Waals surface area (Å²) >= 11 is 0. The normalized spacial score (nSPS) is 18.2. The average Bonchev–Trinajstić information content (AvgIpc) is 2.67. The summed E-state index contributed by atoms with van der Waals surface area (Å²) < 4.78 is 28.3. The molecule has 4 nitrogen and oxygen atoms in total. The minimum absolute atomic E-state index is 0.190. The molecule has 1 atom stereocenters. The van der Waals surface area contributed by atoms with Crippen molar-refractivity contribution in [3.05, 3.63) is 101 Å². The molecule has 0 amide bonds. The number of fused-ring (bicyclic) bond motifs is 1. The number of sulfonamides is 1. The van der Waals surface area contributed by atoms with E-state index in [1.54, 1.807) is 36.4 Å². The van der Waals surface area contributed by atoms with Crippen LogP contribution in [0.4, 0.5) is 5.69 Å². The van der Waals surface area contributed by atoms with Crippen LogP contribution in [0.25, 0.3) is 0 Å². The summed E-state index contributed by atoms with van der Waals surface area (Å²) in [6.07, 6.45) is 0. The fourth-order valence-corrected chi connectivity index (χ4v) is 5.40. The van der Waals surface area contributed by atoms with Gasteiger partial charge in [0.1, 0.15) is 0 Å². The zero-order valence-electron chi connectivity index (χ0n) is 14.9. The van der Waals surface area contributed by atoms with Gasteiger partial charge >= 0.3 is 0 Å². The van der Waals surface area contributed by atoms with E-state index < -0.39 is 15.3 Å². The van der Waals surface area contributed by atoms with Crippen LogP contribution < -0.4 is 4.31 Å². The maximum atomic E-state index is 13.5. The lowest BCUT2D eigenvalue weighted by Crippen LogP contribution is -2.42. The van der Waals surface area contributed by atoms with Crippen LogP contribution in [0.15, 0.2) is 78.9 Å². The molecule has 0 spiro atoms. The highest BCUT2D eigenvalue weighted by Gasteiger charge is 2.45. The standard InChI is InChI=1S/C22H19NO3S/c1-16-12-13-20-19(14-16)21(24)22(18-10-6-3-7-11-18)27(25,26)23(20)15-17-8-4-2-5-9-17/h2-14,22H,15H2,1H3. The maximum absolute atomic E-state index is 13.5. The van der Waals surface area contributed by atoms with Crippen molar-refractivity contribution in [2.75, 3.05) is 4.31 Å². The van der Waals surface area contributed by atoms with E-state index in [1.165, 1.54) is 4.31 Å². The highest BCUT2D eigenvalue weighted by molar-refractivity contribution is 7.93. The lowest BCUT2D eigenvalue weighted by atomic mass is 9.98. The van der Waals surface area contributed by atoms with Gasteiger partial charge in [-0.1, -0.05) is 72.3 Å². The lowest BCUT2D eigenvalue weighted by molar-refractivity contribution is 0.0985. The van der Waals surface area contributed by atoms with Gasteiger partial charge in [0, 0.05) is 5.56 Å². The van der Waals surface area contributed by atoms with E-state index in [0.717, 1.165) is 11.1 Å². The molecule has 27 heavy (non-hydrogen) atoms. The summed E-state index contributed by atoms with van der Waals surface area (Å²) in [5.74, 6) is -0.371. The Bertz CT molecular complexity index is 1090. The Labute approximate surface area is 159 Å². The number of carbonyl (C=O) groups is 1. The minimum Gasteiger partial charge on any atom is -0.292 e. The topological polar surface area (TPSA) is 54.5 Å². The predicted octanol–water partition coefficient (Wildman–Crippen LogP) is 4.27. The fraction of sp³-hybridized carbons (Fsp3) is 0.136. The fourth-order valence-electron chi connectivity index (χ4n) is 3.48. The number of Topliss-reactive ketones (excluding diaryl/α,β-unsaturated/α-hetero) is 1. The second-order valence-electron chi connectivity index (χ2n) is 6.71. The van der Waals surface area contributed by atoms with E-state index in [0.29, 0.717) is 16.8 Å². The number of anilines is 1. The van der Waals surface area contributed by atoms with E-state index >= 15 is 0 Å². The molecule has 0 bridgehead atoms. The first-order valence-corrected chi connectivity index (χ1v) is 10.2. The van der Waals surface area contributed by atoms with Crippen molar-refractivity contribution in [3.63, 3.8) is 0 Å². The number of aryl methyl sites for hydroxylation is 1. The summed E-state index contributed by atoms with van der Waals surface area (Å²) in [5, 5.41) is -1.23. The molecular formula is C22H19NO3S. The summed E-state index contributed by atoms with van der Waals surface area (Å²) in [4.78, 5) is 13.2. The largest absolute Gasteiger partial charge is 0.292 e. The second kappa shape index (κ2) is 6.67. The van der Waals surface area contributed by atoms with Gasteiger partial charge < -0.3 is 0 Å². The van der Waals surface area contributed by atoms with Crippen molar-refractivity contribution in [2.45, 2.75) is 18.7 Å². The first kappa shape index (κ1) is 17.5. The monoisotopic (exact) mass is 377 g/mol. The second-order valence-corrected chi connectivity index (χ2v) is 8.65. The summed E-state index contributed by atoms with van der Waals surface area (Å²) in [7, 11) is -3.91. The first-order chi connectivity index (χ1) is 13.0. The summed E-state index contributed by atoms with van der Waals surface area (Å²) in [6, 6.07) is 23.5. The zero-order valence-corrected chi connectivity index (χ0v) is 15.7. The Morgan fingerprint density at radius 1 is 0.889 bits per heavy atom. The lowest BCUT2D eigenvalue weighted by Gasteiger charge is -2.35. The van der Waals surface area contributed by atoms with Crippen molar-refractivity contribution >= 4 is 21.5 Å². The molecule has 3 aromatic rings. The van der Waals surface area contributed by atoms with Crippen LogP contribution in [0.5, 0.6) is 0 Å². The average molecular weight is 377 g/mol. The molecule has 0 aromatic heterocycles. The Morgan fingerprint density at radius 3 is 2.19 bits per heavy atom. The molecule has 5 heteroatoms. The molecule has 4 rings (SSSR count). The number of carbonyl (C=O) groups excluding carboxylic acids is 1. The van der Waals surface area contributed by atoms with Crippen molar-refractivity contribution < 1.29 is 13.2 Å². The van der Waals surface area contributed by atoms with Gasteiger partial charge in [-0.05, 0) is 30.2 Å². The van der Waals surface area contributed by atoms with Crippen LogP contribution in [0.1, 0.15) is 32.3 Å². The number of benzene rings is 3. The molecule has 3 aromatic carbocycles. The highest BCUT2D eigenvalue weighted by atomic mass is 32.2. The molecule has 136 valence electrons. The summed E-state index contributed by atoms with van der Waals surface area (Å²) in [5.41, 5.74) is 3.19. The molecule has 0 fully saturated rings. The van der Waals surface area contributed by atoms with Crippen LogP contribution in [-0.4, -0.2) is 14.2 Å². The minimum atomic E-state index is -3.91. The van der Waals surface area contributed by atoms with E-state index in [1.807, 2.05) is 49.4 Å². The van der Waals surface area contributed by atoms with Crippen LogP contribution in [0, 0.1) is 6.92 Å². The third-order valence-electron chi connectivity index (χ3n) is 4.80. The van der Waals surface area contributed by atoms with E-state index in [4.69, 9.17) is 0 Å². The van der Waals surface area contributed by atoms with Gasteiger partial charge in [0.2, 0.25) is 10.0 Å². The van der Waals surface area contributed by atoms with Crippen LogP contribution in [0.3, 0.4) is 0 Å². The molecule has 1 heterocycles. The van der Waals surface area contributed by atoms with Gasteiger partial charge in [-0.2, -0.15) is 0 Å². The van der Waals surface area contributed by atoms with Gasteiger partial charge in [-0.25, -0.2) is 8.42 Å². The third kappa shape index (κ3) is 3.04. The molecule has 0 radical (unpaired) electrons. The quantitative estimate of drug-likeness (QED) is 0.685. The van der Waals surface area contributed by atoms with Crippen molar-refractivity contribution in [3.8, 4) is 0 Å². The van der Waals surface area contributed by atoms with Crippen molar-refractivity contribution in [1.29, 1.82) is 0 Å². The van der Waals surface area contributed by atoms with E-state index in [2.05, 4.69) is 0 Å². The van der Waals surface area contributed by atoms with Crippen molar-refractivity contribution in [1.82, 2.24) is 0 Å². The molecule has 0 aliphatic carbocycles. The highest BCUT2D eigenvalue weighted by Crippen LogP contribution is 2.41. The summed E-state index contributed by atoms with van der Waals surface area (Å²) in [6.45, 7) is 2.09. The Hall–Kier alpha value is -2.92. The van der Waals surface area contributed by atoms with E-state index in [9.17, 15) is 13.2 Å². The van der Waals surface area contributed by atoms with Gasteiger partial charge in [0.05, 0.1) is 12.2 Å². The van der Waals surface area contributed by atoms with Crippen LogP contribution >= 0.6 is 0 Å². The predicted molar refractivity (Wildman–Crippen MR) is 106 cm³/mol. The third-order valence-corrected chi connectivity index (χ3v) is 6.82. The number of hydrogen-bond acceptors (Lipinski definition) is 3. The Kier molecular flexibility index (Phi) is 4.32. The van der Waals surface area contributed by atoms with Gasteiger partial charge in [-0.15, -0.1) is 0 Å². The number of nitrogens with zero attached hydrogens (tertiary/aromatic N) is 1. The van der Waals surface area contributed by atoms with Crippen LogP contribution in [-0.2, 0) is 16.6 Å². The molecule has 1 aliphatic heterocycles. The van der Waals surface area contributed by atoms with E-state index in [-0.39, 0.29) is 12.3 Å². The van der Waals surface area contributed by atoms with Gasteiger partial charge in [0.25, 0.3) is 0 Å². The SMILES string of the molecule is Cc1ccc2c(c1)C(=O)C(c1ccccc1)S(=O)(=O)N2Cc1ccccc1. The molecule has 1 aliphatic rings. The Balaban J connectivity index is 1.91. The molecule has 0 saturated heterocycles.